The number of nitrogens with zero attached hydrogens (tertiary/aromatic N) is 1. The largest absolute Gasteiger partial charge is 0.309 e. The molecule has 0 aromatic heterocycles. The second-order valence-corrected chi connectivity index (χ2v) is 5.69. The summed E-state index contributed by atoms with van der Waals surface area (Å²) >= 11 is 3.46. The van der Waals surface area contributed by atoms with E-state index >= 15 is 0 Å². The van der Waals surface area contributed by atoms with Crippen molar-refractivity contribution in [3.63, 3.8) is 0 Å². The van der Waals surface area contributed by atoms with Crippen LogP contribution in [0, 0.1) is 0 Å². The molecule has 0 amide bonds. The molecule has 0 unspecified atom stereocenters. The molecule has 1 atom stereocenters. The third kappa shape index (κ3) is 4.09. The Bertz CT molecular complexity index is 331. The lowest BCUT2D eigenvalue weighted by Crippen LogP contribution is -2.31. The number of nitrogens with one attached hydrogen (secondary N) is 1. The highest BCUT2D eigenvalue weighted by atomic mass is 79.9. The molecule has 1 aliphatic heterocycles. The van der Waals surface area contributed by atoms with Gasteiger partial charge in [0.25, 0.3) is 0 Å². The van der Waals surface area contributed by atoms with Gasteiger partial charge in [0.05, 0.1) is 0 Å². The monoisotopic (exact) mass is 296 g/mol. The number of hydrogen-bond acceptors (Lipinski definition) is 2. The lowest BCUT2D eigenvalue weighted by atomic mass is 10.1. The van der Waals surface area contributed by atoms with Crippen molar-refractivity contribution in [3.8, 4) is 0 Å². The highest BCUT2D eigenvalue weighted by molar-refractivity contribution is 9.10. The van der Waals surface area contributed by atoms with Gasteiger partial charge in [0.1, 0.15) is 0 Å². The zero-order valence-corrected chi connectivity index (χ0v) is 12.0. The maximum atomic E-state index is 3.59. The van der Waals surface area contributed by atoms with Gasteiger partial charge in [-0.25, -0.2) is 0 Å². The predicted octanol–water partition coefficient (Wildman–Crippen LogP) is 3.20. The van der Waals surface area contributed by atoms with Gasteiger partial charge in [0.15, 0.2) is 0 Å². The minimum atomic E-state index is 0.436. The summed E-state index contributed by atoms with van der Waals surface area (Å²) in [7, 11) is 0. The van der Waals surface area contributed by atoms with Crippen LogP contribution in [0.15, 0.2) is 28.7 Å². The molecule has 2 rings (SSSR count). The minimum absolute atomic E-state index is 0.436. The van der Waals surface area contributed by atoms with E-state index in [-0.39, 0.29) is 0 Å². The molecular weight excluding hydrogens is 276 g/mol. The summed E-state index contributed by atoms with van der Waals surface area (Å²) in [5.74, 6) is 0. The van der Waals surface area contributed by atoms with Crippen molar-refractivity contribution in [1.29, 1.82) is 0 Å². The van der Waals surface area contributed by atoms with Gasteiger partial charge in [0.2, 0.25) is 0 Å². The first-order valence-electron chi connectivity index (χ1n) is 6.47. The van der Waals surface area contributed by atoms with E-state index in [2.05, 4.69) is 57.3 Å². The fraction of sp³-hybridized carbons (Fsp3) is 0.571. The fourth-order valence-electron chi connectivity index (χ4n) is 2.31. The van der Waals surface area contributed by atoms with E-state index in [1.165, 1.54) is 38.0 Å². The summed E-state index contributed by atoms with van der Waals surface area (Å²) in [6.45, 7) is 7.06. The number of likely N-dealkylation sites (tertiary alicyclic amines) is 1. The first-order valence-corrected chi connectivity index (χ1v) is 7.26. The third-order valence-corrected chi connectivity index (χ3v) is 3.98. The highest BCUT2D eigenvalue weighted by Gasteiger charge is 2.11. The summed E-state index contributed by atoms with van der Waals surface area (Å²) in [6, 6.07) is 9.00. The van der Waals surface area contributed by atoms with Gasteiger partial charge >= 0.3 is 0 Å². The molecule has 1 aliphatic rings. The van der Waals surface area contributed by atoms with Crippen LogP contribution in [0.1, 0.15) is 31.4 Å². The number of hydrogen-bond donors (Lipinski definition) is 1. The van der Waals surface area contributed by atoms with E-state index in [9.17, 15) is 0 Å². The standard InChI is InChI=1S/C14H21BrN2/c1-12(13-4-6-14(15)7-5-13)16-8-11-17-9-2-3-10-17/h4-7,12,16H,2-3,8-11H2,1H3/t12-/m0/s1. The van der Waals surface area contributed by atoms with Crippen LogP contribution in [0.2, 0.25) is 0 Å². The van der Waals surface area contributed by atoms with Crippen molar-refractivity contribution in [2.75, 3.05) is 26.2 Å². The molecule has 1 aromatic rings. The fourth-order valence-corrected chi connectivity index (χ4v) is 2.58. The van der Waals surface area contributed by atoms with E-state index in [1.807, 2.05) is 0 Å². The molecular formula is C14H21BrN2. The average Bonchev–Trinajstić information content (AvgIpc) is 2.83. The number of halogens is 1. The van der Waals surface area contributed by atoms with Crippen molar-refractivity contribution in [1.82, 2.24) is 10.2 Å². The smallest absolute Gasteiger partial charge is 0.0292 e. The van der Waals surface area contributed by atoms with E-state index in [0.29, 0.717) is 6.04 Å². The first-order chi connectivity index (χ1) is 8.25. The van der Waals surface area contributed by atoms with E-state index < -0.39 is 0 Å². The lowest BCUT2D eigenvalue weighted by molar-refractivity contribution is 0.330. The third-order valence-electron chi connectivity index (χ3n) is 3.45. The molecule has 94 valence electrons. The first kappa shape index (κ1) is 13.1. The SMILES string of the molecule is C[C@H](NCCN1CCCC1)c1ccc(Br)cc1. The molecule has 17 heavy (non-hydrogen) atoms. The lowest BCUT2D eigenvalue weighted by Gasteiger charge is -2.18. The predicted molar refractivity (Wildman–Crippen MR) is 76.2 cm³/mol. The normalized spacial score (nSPS) is 18.5. The molecule has 3 heteroatoms. The van der Waals surface area contributed by atoms with Crippen molar-refractivity contribution in [2.24, 2.45) is 0 Å². The molecule has 1 heterocycles. The zero-order chi connectivity index (χ0) is 12.1. The molecule has 1 saturated heterocycles. The van der Waals surface area contributed by atoms with Crippen LogP contribution < -0.4 is 5.32 Å². The van der Waals surface area contributed by atoms with Gasteiger partial charge in [-0.15, -0.1) is 0 Å². The Morgan fingerprint density at radius 1 is 1.24 bits per heavy atom. The van der Waals surface area contributed by atoms with Crippen LogP contribution in [-0.2, 0) is 0 Å². The van der Waals surface area contributed by atoms with Crippen molar-refractivity contribution < 1.29 is 0 Å². The Morgan fingerprint density at radius 3 is 2.53 bits per heavy atom. The van der Waals surface area contributed by atoms with Gasteiger partial charge in [-0.2, -0.15) is 0 Å². The van der Waals surface area contributed by atoms with Crippen molar-refractivity contribution >= 4 is 15.9 Å². The maximum Gasteiger partial charge on any atom is 0.0292 e. The van der Waals surface area contributed by atoms with Crippen LogP contribution in [0.3, 0.4) is 0 Å². The molecule has 0 saturated carbocycles. The Hall–Kier alpha value is -0.380. The molecule has 1 aromatic carbocycles. The summed E-state index contributed by atoms with van der Waals surface area (Å²) in [5, 5.41) is 3.59. The summed E-state index contributed by atoms with van der Waals surface area (Å²) < 4.78 is 1.14. The molecule has 0 spiro atoms. The van der Waals surface area contributed by atoms with E-state index in [4.69, 9.17) is 0 Å². The van der Waals surface area contributed by atoms with E-state index in [1.54, 1.807) is 0 Å². The van der Waals surface area contributed by atoms with Gasteiger partial charge in [-0.1, -0.05) is 28.1 Å². The quantitative estimate of drug-likeness (QED) is 0.898. The summed E-state index contributed by atoms with van der Waals surface area (Å²) in [4.78, 5) is 2.54. The molecule has 1 fully saturated rings. The summed E-state index contributed by atoms with van der Waals surface area (Å²) in [5.41, 5.74) is 1.36. The molecule has 2 nitrogen and oxygen atoms in total. The number of rotatable bonds is 5. The Balaban J connectivity index is 1.72. The molecule has 1 N–H and O–H groups in total. The topological polar surface area (TPSA) is 15.3 Å². The minimum Gasteiger partial charge on any atom is -0.309 e. The summed E-state index contributed by atoms with van der Waals surface area (Å²) in [6.07, 6.45) is 2.75. The molecule has 0 radical (unpaired) electrons. The average molecular weight is 297 g/mol. The van der Waals surface area contributed by atoms with E-state index in [0.717, 1.165) is 11.0 Å². The zero-order valence-electron chi connectivity index (χ0n) is 10.5. The van der Waals surface area contributed by atoms with Crippen molar-refractivity contribution in [3.05, 3.63) is 34.3 Å². The molecule has 0 aliphatic carbocycles. The van der Waals surface area contributed by atoms with Gasteiger partial charge in [0, 0.05) is 23.6 Å². The number of benzene rings is 1. The van der Waals surface area contributed by atoms with Crippen molar-refractivity contribution in [2.45, 2.75) is 25.8 Å². The molecule has 0 bridgehead atoms. The second kappa shape index (κ2) is 6.53. The van der Waals surface area contributed by atoms with Gasteiger partial charge in [-0.05, 0) is 50.6 Å². The van der Waals surface area contributed by atoms with Crippen LogP contribution in [-0.4, -0.2) is 31.1 Å². The highest BCUT2D eigenvalue weighted by Crippen LogP contribution is 2.16. The Labute approximate surface area is 113 Å². The van der Waals surface area contributed by atoms with Crippen LogP contribution in [0.25, 0.3) is 0 Å². The Kier molecular flexibility index (Phi) is 5.01. The van der Waals surface area contributed by atoms with Crippen LogP contribution >= 0.6 is 15.9 Å². The maximum absolute atomic E-state index is 3.59. The van der Waals surface area contributed by atoms with Gasteiger partial charge < -0.3 is 10.2 Å². The van der Waals surface area contributed by atoms with Gasteiger partial charge in [-0.3, -0.25) is 0 Å². The second-order valence-electron chi connectivity index (χ2n) is 4.78. The van der Waals surface area contributed by atoms with Crippen LogP contribution in [0.4, 0.5) is 0 Å². The Morgan fingerprint density at radius 2 is 1.88 bits per heavy atom. The van der Waals surface area contributed by atoms with Crippen LogP contribution in [0.5, 0.6) is 0 Å².